The Morgan fingerprint density at radius 2 is 2.10 bits per heavy atom. The molecule has 0 aromatic heterocycles. The second kappa shape index (κ2) is 10.2. The summed E-state index contributed by atoms with van der Waals surface area (Å²) < 4.78 is 5.45. The van der Waals surface area contributed by atoms with Crippen molar-refractivity contribution < 1.29 is 14.3 Å². The Morgan fingerprint density at radius 1 is 1.33 bits per heavy atom. The van der Waals surface area contributed by atoms with E-state index in [0.717, 1.165) is 23.1 Å². The van der Waals surface area contributed by atoms with E-state index >= 15 is 0 Å². The van der Waals surface area contributed by atoms with Gasteiger partial charge in [-0.2, -0.15) is 5.26 Å². The number of carbonyl (C=O) groups is 2. The number of thioether (sulfide) groups is 1. The SMILES string of the molecule is CCOc1ccc([C@@H]2CC(=O)NC(SCC(=O)Nc3cccc(Cl)c3)=C2C#N)cc1. The first-order valence-corrected chi connectivity index (χ1v) is 10.7. The molecule has 1 atom stereocenters. The fraction of sp³-hybridized carbons (Fsp3) is 0.227. The van der Waals surface area contributed by atoms with Crippen LogP contribution in [0.25, 0.3) is 0 Å². The van der Waals surface area contributed by atoms with E-state index in [4.69, 9.17) is 16.3 Å². The predicted octanol–water partition coefficient (Wildman–Crippen LogP) is 4.45. The van der Waals surface area contributed by atoms with Crippen molar-refractivity contribution in [1.29, 1.82) is 5.26 Å². The van der Waals surface area contributed by atoms with E-state index in [1.54, 1.807) is 24.3 Å². The van der Waals surface area contributed by atoms with Crippen molar-refractivity contribution in [3.05, 3.63) is 69.7 Å². The Labute approximate surface area is 184 Å². The maximum Gasteiger partial charge on any atom is 0.234 e. The van der Waals surface area contributed by atoms with Crippen molar-refractivity contribution in [1.82, 2.24) is 5.32 Å². The van der Waals surface area contributed by atoms with Crippen molar-refractivity contribution in [2.75, 3.05) is 17.7 Å². The monoisotopic (exact) mass is 441 g/mol. The van der Waals surface area contributed by atoms with Gasteiger partial charge >= 0.3 is 0 Å². The number of allylic oxidation sites excluding steroid dienone is 1. The maximum absolute atomic E-state index is 12.3. The standard InChI is InChI=1S/C22H20ClN3O3S/c1-2-29-17-8-6-14(7-9-17)18-11-20(27)26-22(19(18)12-24)30-13-21(28)25-16-5-3-4-15(23)10-16/h3-10,18H,2,11,13H2,1H3,(H,25,28)(H,26,27)/t18-/m0/s1. The fourth-order valence-electron chi connectivity index (χ4n) is 3.08. The van der Waals surface area contributed by atoms with Crippen molar-refractivity contribution >= 4 is 40.9 Å². The zero-order valence-corrected chi connectivity index (χ0v) is 17.8. The predicted molar refractivity (Wildman–Crippen MR) is 118 cm³/mol. The maximum atomic E-state index is 12.3. The average molecular weight is 442 g/mol. The summed E-state index contributed by atoms with van der Waals surface area (Å²) in [5.41, 5.74) is 1.88. The van der Waals surface area contributed by atoms with Crippen LogP contribution in [0.15, 0.2) is 59.1 Å². The molecule has 1 aliphatic rings. The molecule has 2 N–H and O–H groups in total. The number of carbonyl (C=O) groups excluding carboxylic acids is 2. The lowest BCUT2D eigenvalue weighted by atomic mass is 9.87. The molecule has 0 radical (unpaired) electrons. The highest BCUT2D eigenvalue weighted by atomic mass is 35.5. The molecule has 2 amide bonds. The summed E-state index contributed by atoms with van der Waals surface area (Å²) in [4.78, 5) is 24.5. The summed E-state index contributed by atoms with van der Waals surface area (Å²) in [6.07, 6.45) is 0.176. The average Bonchev–Trinajstić information content (AvgIpc) is 2.72. The third-order valence-electron chi connectivity index (χ3n) is 4.41. The second-order valence-electron chi connectivity index (χ2n) is 6.51. The van der Waals surface area contributed by atoms with Crippen LogP contribution in [0.5, 0.6) is 5.75 Å². The van der Waals surface area contributed by atoms with Gasteiger partial charge in [0, 0.05) is 23.0 Å². The Hall–Kier alpha value is -2.95. The smallest absolute Gasteiger partial charge is 0.234 e. The molecule has 1 aliphatic heterocycles. The lowest BCUT2D eigenvalue weighted by molar-refractivity contribution is -0.121. The number of rotatable bonds is 7. The van der Waals surface area contributed by atoms with E-state index in [2.05, 4.69) is 16.7 Å². The van der Waals surface area contributed by atoms with Gasteiger partial charge < -0.3 is 15.4 Å². The highest BCUT2D eigenvalue weighted by Crippen LogP contribution is 2.36. The molecule has 0 saturated carbocycles. The molecule has 154 valence electrons. The Kier molecular flexibility index (Phi) is 7.39. The van der Waals surface area contributed by atoms with Gasteiger partial charge in [0.2, 0.25) is 11.8 Å². The Bertz CT molecular complexity index is 1020. The lowest BCUT2D eigenvalue weighted by Crippen LogP contribution is -2.31. The van der Waals surface area contributed by atoms with E-state index < -0.39 is 0 Å². The van der Waals surface area contributed by atoms with Crippen LogP contribution >= 0.6 is 23.4 Å². The minimum atomic E-state index is -0.363. The quantitative estimate of drug-likeness (QED) is 0.662. The minimum Gasteiger partial charge on any atom is -0.494 e. The molecule has 3 rings (SSSR count). The van der Waals surface area contributed by atoms with Gasteiger partial charge in [-0.1, -0.05) is 41.6 Å². The molecule has 2 aromatic rings. The fourth-order valence-corrected chi connectivity index (χ4v) is 4.15. The molecule has 0 unspecified atom stereocenters. The summed E-state index contributed by atoms with van der Waals surface area (Å²) in [6, 6.07) is 16.4. The van der Waals surface area contributed by atoms with E-state index in [-0.39, 0.29) is 29.9 Å². The molecule has 0 aliphatic carbocycles. The first kappa shape index (κ1) is 21.8. The van der Waals surface area contributed by atoms with Crippen LogP contribution in [0.3, 0.4) is 0 Å². The number of amides is 2. The highest BCUT2D eigenvalue weighted by molar-refractivity contribution is 8.03. The first-order chi connectivity index (χ1) is 14.5. The van der Waals surface area contributed by atoms with Crippen molar-refractivity contribution in [3.8, 4) is 11.8 Å². The number of nitrogens with zero attached hydrogens (tertiary/aromatic N) is 1. The first-order valence-electron chi connectivity index (χ1n) is 9.35. The zero-order chi connectivity index (χ0) is 21.5. The lowest BCUT2D eigenvalue weighted by Gasteiger charge is -2.25. The molecule has 0 spiro atoms. The van der Waals surface area contributed by atoms with Gasteiger partial charge in [0.25, 0.3) is 0 Å². The normalized spacial score (nSPS) is 15.9. The molecule has 6 nitrogen and oxygen atoms in total. The molecular weight excluding hydrogens is 422 g/mol. The minimum absolute atomic E-state index is 0.0449. The van der Waals surface area contributed by atoms with Gasteiger partial charge in [-0.05, 0) is 42.8 Å². The summed E-state index contributed by atoms with van der Waals surface area (Å²) >= 11 is 7.06. The third kappa shape index (κ3) is 5.56. The summed E-state index contributed by atoms with van der Waals surface area (Å²) in [6.45, 7) is 2.47. The molecule has 30 heavy (non-hydrogen) atoms. The molecule has 2 aromatic carbocycles. The number of hydrogen-bond acceptors (Lipinski definition) is 5. The van der Waals surface area contributed by atoms with Crippen LogP contribution in [-0.4, -0.2) is 24.2 Å². The topological polar surface area (TPSA) is 91.2 Å². The van der Waals surface area contributed by atoms with Crippen LogP contribution < -0.4 is 15.4 Å². The van der Waals surface area contributed by atoms with Gasteiger partial charge in [-0.15, -0.1) is 0 Å². The Morgan fingerprint density at radius 3 is 2.77 bits per heavy atom. The van der Waals surface area contributed by atoms with Crippen LogP contribution in [0.1, 0.15) is 24.8 Å². The number of hydrogen-bond donors (Lipinski definition) is 2. The zero-order valence-electron chi connectivity index (χ0n) is 16.3. The van der Waals surface area contributed by atoms with Gasteiger partial charge in [0.1, 0.15) is 5.75 Å². The third-order valence-corrected chi connectivity index (χ3v) is 5.66. The molecular formula is C22H20ClN3O3S. The van der Waals surface area contributed by atoms with Crippen molar-refractivity contribution in [3.63, 3.8) is 0 Å². The van der Waals surface area contributed by atoms with Gasteiger partial charge in [0.15, 0.2) is 0 Å². The van der Waals surface area contributed by atoms with E-state index in [1.807, 2.05) is 31.2 Å². The van der Waals surface area contributed by atoms with E-state index in [0.29, 0.717) is 27.9 Å². The number of nitriles is 1. The molecule has 0 bridgehead atoms. The molecule has 0 fully saturated rings. The van der Waals surface area contributed by atoms with Crippen molar-refractivity contribution in [2.45, 2.75) is 19.3 Å². The molecule has 1 heterocycles. The van der Waals surface area contributed by atoms with Crippen LogP contribution in [0.2, 0.25) is 5.02 Å². The number of anilines is 1. The van der Waals surface area contributed by atoms with Crippen LogP contribution in [0.4, 0.5) is 5.69 Å². The van der Waals surface area contributed by atoms with Gasteiger partial charge in [-0.25, -0.2) is 0 Å². The largest absolute Gasteiger partial charge is 0.494 e. The van der Waals surface area contributed by atoms with Crippen LogP contribution in [0, 0.1) is 11.3 Å². The summed E-state index contributed by atoms with van der Waals surface area (Å²) in [7, 11) is 0. The summed E-state index contributed by atoms with van der Waals surface area (Å²) in [5.74, 6) is -0.0344. The number of halogens is 1. The second-order valence-corrected chi connectivity index (χ2v) is 7.93. The van der Waals surface area contributed by atoms with Gasteiger partial charge in [-0.3, -0.25) is 9.59 Å². The molecule has 0 saturated heterocycles. The number of ether oxygens (including phenoxy) is 1. The number of nitrogens with one attached hydrogen (secondary N) is 2. The highest BCUT2D eigenvalue weighted by Gasteiger charge is 2.29. The Balaban J connectivity index is 1.73. The molecule has 8 heteroatoms. The van der Waals surface area contributed by atoms with Crippen molar-refractivity contribution in [2.24, 2.45) is 0 Å². The van der Waals surface area contributed by atoms with Crippen LogP contribution in [-0.2, 0) is 9.59 Å². The number of benzene rings is 2. The summed E-state index contributed by atoms with van der Waals surface area (Å²) in [5, 5.41) is 16.2. The van der Waals surface area contributed by atoms with E-state index in [1.165, 1.54) is 0 Å². The van der Waals surface area contributed by atoms with E-state index in [9.17, 15) is 14.9 Å². The van der Waals surface area contributed by atoms with Gasteiger partial charge in [0.05, 0.1) is 29.0 Å².